The van der Waals surface area contributed by atoms with Gasteiger partial charge in [0, 0.05) is 20.7 Å². The molecular weight excluding hydrogens is 345 g/mol. The van der Waals surface area contributed by atoms with Crippen molar-refractivity contribution in [1.82, 2.24) is 0 Å². The Labute approximate surface area is 144 Å². The molecule has 1 atom stereocenters. The molecule has 1 aliphatic heterocycles. The van der Waals surface area contributed by atoms with Gasteiger partial charge in [-0.2, -0.15) is 0 Å². The van der Waals surface area contributed by atoms with Crippen molar-refractivity contribution in [2.24, 2.45) is 0 Å². The number of rotatable bonds is 2. The average Bonchev–Trinajstić information content (AvgIpc) is 2.45. The number of nitrogens with one attached hydrogen (secondary N) is 1. The van der Waals surface area contributed by atoms with Gasteiger partial charge in [-0.1, -0.05) is 34.8 Å². The van der Waals surface area contributed by atoms with Gasteiger partial charge in [-0.15, -0.1) is 11.8 Å². The van der Waals surface area contributed by atoms with Gasteiger partial charge in [0.05, 0.1) is 16.8 Å². The van der Waals surface area contributed by atoms with Crippen LogP contribution in [0.3, 0.4) is 0 Å². The maximum atomic E-state index is 6.33. The topological polar surface area (TPSA) is 12.0 Å². The van der Waals surface area contributed by atoms with E-state index < -0.39 is 0 Å². The fourth-order valence-corrected chi connectivity index (χ4v) is 4.18. The average molecular weight is 359 g/mol. The zero-order valence-electron chi connectivity index (χ0n) is 11.4. The van der Waals surface area contributed by atoms with Crippen LogP contribution in [0.1, 0.15) is 23.6 Å². The van der Waals surface area contributed by atoms with Crippen molar-refractivity contribution in [2.75, 3.05) is 11.1 Å². The summed E-state index contributed by atoms with van der Waals surface area (Å²) in [7, 11) is 0. The van der Waals surface area contributed by atoms with Gasteiger partial charge in [0.15, 0.2) is 0 Å². The molecule has 0 aromatic heterocycles. The van der Waals surface area contributed by atoms with Gasteiger partial charge in [0.25, 0.3) is 0 Å². The van der Waals surface area contributed by atoms with Crippen molar-refractivity contribution < 1.29 is 0 Å². The summed E-state index contributed by atoms with van der Waals surface area (Å²) < 4.78 is 0. The SMILES string of the molecule is Cc1cc(Cl)c(NC2CCSc3ccc(Cl)cc32)cc1Cl. The molecule has 0 spiro atoms. The zero-order valence-corrected chi connectivity index (χ0v) is 14.5. The molecule has 21 heavy (non-hydrogen) atoms. The summed E-state index contributed by atoms with van der Waals surface area (Å²) in [5, 5.41) is 5.69. The van der Waals surface area contributed by atoms with Crippen LogP contribution in [0.4, 0.5) is 5.69 Å². The number of benzene rings is 2. The summed E-state index contributed by atoms with van der Waals surface area (Å²) in [5.41, 5.74) is 3.08. The minimum atomic E-state index is 0.205. The third-order valence-corrected chi connectivity index (χ3v) is 5.67. The van der Waals surface area contributed by atoms with Gasteiger partial charge in [0.2, 0.25) is 0 Å². The summed E-state index contributed by atoms with van der Waals surface area (Å²) in [6, 6.07) is 10.0. The molecule has 0 saturated heterocycles. The first-order chi connectivity index (χ1) is 10.0. The van der Waals surface area contributed by atoms with Crippen molar-refractivity contribution in [3.8, 4) is 0 Å². The van der Waals surface area contributed by atoms with E-state index in [1.54, 1.807) is 0 Å². The van der Waals surface area contributed by atoms with Gasteiger partial charge in [-0.3, -0.25) is 0 Å². The Morgan fingerprint density at radius 2 is 1.90 bits per heavy atom. The molecule has 2 aromatic rings. The Kier molecular flexibility index (Phi) is 4.60. The van der Waals surface area contributed by atoms with Crippen LogP contribution in [0.5, 0.6) is 0 Å². The minimum absolute atomic E-state index is 0.205. The first kappa shape index (κ1) is 15.4. The lowest BCUT2D eigenvalue weighted by molar-refractivity contribution is 0.729. The zero-order chi connectivity index (χ0) is 15.0. The smallest absolute Gasteiger partial charge is 0.0641 e. The van der Waals surface area contributed by atoms with Crippen molar-refractivity contribution in [2.45, 2.75) is 24.3 Å². The number of anilines is 1. The summed E-state index contributed by atoms with van der Waals surface area (Å²) in [4.78, 5) is 1.28. The van der Waals surface area contributed by atoms with Crippen LogP contribution in [0.15, 0.2) is 35.2 Å². The van der Waals surface area contributed by atoms with Crippen LogP contribution in [-0.4, -0.2) is 5.75 Å². The van der Waals surface area contributed by atoms with E-state index in [-0.39, 0.29) is 6.04 Å². The van der Waals surface area contributed by atoms with Crippen molar-refractivity contribution >= 4 is 52.3 Å². The highest BCUT2D eigenvalue weighted by Gasteiger charge is 2.21. The molecule has 1 N–H and O–H groups in total. The summed E-state index contributed by atoms with van der Waals surface area (Å²) >= 11 is 20.5. The first-order valence-electron chi connectivity index (χ1n) is 6.69. The molecule has 1 heterocycles. The number of hydrogen-bond donors (Lipinski definition) is 1. The highest BCUT2D eigenvalue weighted by Crippen LogP contribution is 2.40. The van der Waals surface area contributed by atoms with Gasteiger partial charge in [-0.25, -0.2) is 0 Å². The van der Waals surface area contributed by atoms with Crippen LogP contribution in [0.25, 0.3) is 0 Å². The van der Waals surface area contributed by atoms with Crippen LogP contribution in [0, 0.1) is 6.92 Å². The van der Waals surface area contributed by atoms with Crippen LogP contribution in [-0.2, 0) is 0 Å². The van der Waals surface area contributed by atoms with E-state index in [0.717, 1.165) is 33.5 Å². The summed E-state index contributed by atoms with van der Waals surface area (Å²) in [6.07, 6.45) is 1.03. The molecule has 5 heteroatoms. The van der Waals surface area contributed by atoms with E-state index in [4.69, 9.17) is 34.8 Å². The van der Waals surface area contributed by atoms with Gasteiger partial charge >= 0.3 is 0 Å². The maximum absolute atomic E-state index is 6.33. The number of hydrogen-bond acceptors (Lipinski definition) is 2. The van der Waals surface area contributed by atoms with E-state index in [0.29, 0.717) is 5.02 Å². The lowest BCUT2D eigenvalue weighted by atomic mass is 10.0. The normalized spacial score (nSPS) is 17.4. The lowest BCUT2D eigenvalue weighted by Crippen LogP contribution is -2.16. The molecule has 1 unspecified atom stereocenters. The molecule has 2 aromatic carbocycles. The summed E-state index contributed by atoms with van der Waals surface area (Å²) in [5.74, 6) is 1.07. The third-order valence-electron chi connectivity index (χ3n) is 3.59. The largest absolute Gasteiger partial charge is 0.377 e. The van der Waals surface area contributed by atoms with Gasteiger partial charge in [0.1, 0.15) is 0 Å². The first-order valence-corrected chi connectivity index (χ1v) is 8.81. The fourth-order valence-electron chi connectivity index (χ4n) is 2.46. The van der Waals surface area contributed by atoms with Crippen molar-refractivity contribution in [1.29, 1.82) is 0 Å². The molecule has 3 rings (SSSR count). The molecular formula is C16H14Cl3NS. The summed E-state index contributed by atoms with van der Waals surface area (Å²) in [6.45, 7) is 1.95. The van der Waals surface area contributed by atoms with Gasteiger partial charge in [-0.05, 0) is 54.8 Å². The van der Waals surface area contributed by atoms with Crippen LogP contribution in [0.2, 0.25) is 15.1 Å². The second kappa shape index (κ2) is 6.29. The Balaban J connectivity index is 1.93. The molecule has 0 amide bonds. The van der Waals surface area contributed by atoms with E-state index in [9.17, 15) is 0 Å². The number of halogens is 3. The maximum Gasteiger partial charge on any atom is 0.0641 e. The molecule has 0 aliphatic carbocycles. The molecule has 1 aliphatic rings. The monoisotopic (exact) mass is 357 g/mol. The Bertz CT molecular complexity index is 687. The fraction of sp³-hybridized carbons (Fsp3) is 0.250. The van der Waals surface area contributed by atoms with Gasteiger partial charge < -0.3 is 5.32 Å². The van der Waals surface area contributed by atoms with E-state index >= 15 is 0 Å². The Morgan fingerprint density at radius 1 is 1.10 bits per heavy atom. The number of fused-ring (bicyclic) bond motifs is 1. The molecule has 0 bridgehead atoms. The quantitative estimate of drug-likeness (QED) is 0.648. The highest BCUT2D eigenvalue weighted by atomic mass is 35.5. The second-order valence-electron chi connectivity index (χ2n) is 5.10. The third kappa shape index (κ3) is 3.29. The van der Waals surface area contributed by atoms with Crippen molar-refractivity contribution in [3.63, 3.8) is 0 Å². The van der Waals surface area contributed by atoms with Crippen LogP contribution < -0.4 is 5.32 Å². The van der Waals surface area contributed by atoms with Crippen LogP contribution >= 0.6 is 46.6 Å². The van der Waals surface area contributed by atoms with E-state index in [1.165, 1.54) is 10.5 Å². The van der Waals surface area contributed by atoms with Crippen molar-refractivity contribution in [3.05, 3.63) is 56.5 Å². The Morgan fingerprint density at radius 3 is 2.71 bits per heavy atom. The highest BCUT2D eigenvalue weighted by molar-refractivity contribution is 7.99. The number of thioether (sulfide) groups is 1. The minimum Gasteiger partial charge on any atom is -0.377 e. The second-order valence-corrected chi connectivity index (χ2v) is 7.49. The predicted octanol–water partition coefficient (Wildman–Crippen LogP) is 6.60. The molecule has 0 saturated carbocycles. The van der Waals surface area contributed by atoms with E-state index in [2.05, 4.69) is 11.4 Å². The number of aryl methyl sites for hydroxylation is 1. The molecule has 110 valence electrons. The standard InChI is InChI=1S/C16H14Cl3NS/c1-9-6-13(19)15(8-12(9)18)20-14-4-5-21-16-3-2-10(17)7-11(14)16/h2-3,6-8,14,20H,4-5H2,1H3. The Hall–Kier alpha value is -0.540. The van der Waals surface area contributed by atoms with E-state index in [1.807, 2.05) is 43.0 Å². The molecule has 0 radical (unpaired) electrons. The molecule has 0 fully saturated rings. The predicted molar refractivity (Wildman–Crippen MR) is 94.4 cm³/mol. The lowest BCUT2D eigenvalue weighted by Gasteiger charge is -2.27. The molecule has 1 nitrogen and oxygen atoms in total.